The highest BCUT2D eigenvalue weighted by Gasteiger charge is 1.87. The summed E-state index contributed by atoms with van der Waals surface area (Å²) in [5.74, 6) is 0. The van der Waals surface area contributed by atoms with Gasteiger partial charge in [0.15, 0.2) is 0 Å². The summed E-state index contributed by atoms with van der Waals surface area (Å²) in [6.07, 6.45) is -1.49. The van der Waals surface area contributed by atoms with Crippen molar-refractivity contribution in [2.24, 2.45) is 5.16 Å². The second-order valence-electron chi connectivity index (χ2n) is 0.540. The smallest absolute Gasteiger partial charge is 0.448 e. The molecule has 7 heavy (non-hydrogen) atoms. The van der Waals surface area contributed by atoms with Gasteiger partial charge in [0.2, 0.25) is 0 Å². The van der Waals surface area contributed by atoms with Crippen molar-refractivity contribution in [3.63, 3.8) is 0 Å². The lowest BCUT2D eigenvalue weighted by molar-refractivity contribution is 0.0957. The Morgan fingerprint density at radius 3 is 2.71 bits per heavy atom. The number of rotatable bonds is 1. The molecule has 0 heterocycles. The quantitative estimate of drug-likeness (QED) is 0.239. The van der Waals surface area contributed by atoms with Gasteiger partial charge in [-0.05, 0) is 17.4 Å². The van der Waals surface area contributed by atoms with Crippen molar-refractivity contribution in [2.45, 2.75) is 0 Å². The third kappa shape index (κ3) is 5.07. The van der Waals surface area contributed by atoms with Gasteiger partial charge in [-0.15, -0.1) is 0 Å². The SMILES string of the molecule is O=C(O)ON=C=S. The van der Waals surface area contributed by atoms with Gasteiger partial charge in [0, 0.05) is 0 Å². The maximum Gasteiger partial charge on any atom is 0.533 e. The zero-order valence-corrected chi connectivity index (χ0v) is 3.94. The van der Waals surface area contributed by atoms with Crippen molar-refractivity contribution in [1.29, 1.82) is 0 Å². The van der Waals surface area contributed by atoms with E-state index in [4.69, 9.17) is 5.11 Å². The van der Waals surface area contributed by atoms with Gasteiger partial charge in [-0.25, -0.2) is 4.79 Å². The molecule has 0 saturated carbocycles. The normalized spacial score (nSPS) is 6.29. The predicted octanol–water partition coefficient (Wildman–Crippen LogP) is 0.699. The monoisotopic (exact) mass is 119 g/mol. The van der Waals surface area contributed by atoms with E-state index in [1.165, 1.54) is 0 Å². The molecule has 0 unspecified atom stereocenters. The van der Waals surface area contributed by atoms with Crippen LogP contribution in [0.25, 0.3) is 0 Å². The van der Waals surface area contributed by atoms with Crippen LogP contribution in [0.1, 0.15) is 0 Å². The second kappa shape index (κ2) is 3.27. The number of carbonyl (C=O) groups is 1. The fraction of sp³-hybridized carbons (Fsp3) is 0. The highest BCUT2D eigenvalue weighted by molar-refractivity contribution is 7.78. The van der Waals surface area contributed by atoms with E-state index in [0.717, 1.165) is 0 Å². The number of thiocarbonyl (C=S) groups is 1. The predicted molar refractivity (Wildman–Crippen MR) is 24.1 cm³/mol. The Morgan fingerprint density at radius 1 is 2.00 bits per heavy atom. The molecule has 0 aliphatic rings. The summed E-state index contributed by atoms with van der Waals surface area (Å²) in [6, 6.07) is 0. The number of nitrogens with zero attached hydrogens (tertiary/aromatic N) is 1. The fourth-order valence-corrected chi connectivity index (χ4v) is 0.0949. The largest absolute Gasteiger partial charge is 0.533 e. The highest BCUT2D eigenvalue weighted by Crippen LogP contribution is 1.71. The first kappa shape index (κ1) is 6.07. The van der Waals surface area contributed by atoms with Crippen LogP contribution in [0.15, 0.2) is 5.16 Å². The van der Waals surface area contributed by atoms with Crippen molar-refractivity contribution < 1.29 is 14.7 Å². The lowest BCUT2D eigenvalue weighted by atomic mass is 11.4. The molecule has 1 N–H and O–H groups in total. The van der Waals surface area contributed by atoms with Crippen molar-refractivity contribution in [2.75, 3.05) is 0 Å². The van der Waals surface area contributed by atoms with Crippen LogP contribution in [0.2, 0.25) is 0 Å². The van der Waals surface area contributed by atoms with Gasteiger partial charge in [-0.3, -0.25) is 4.84 Å². The zero-order valence-electron chi connectivity index (χ0n) is 3.12. The minimum atomic E-state index is -1.49. The summed E-state index contributed by atoms with van der Waals surface area (Å²) < 4.78 is 0. The standard InChI is InChI=1S/C2HNO3S/c4-2(5)6-3-1-7/h(H,4,5). The van der Waals surface area contributed by atoms with E-state index in [-0.39, 0.29) is 0 Å². The molecule has 0 amide bonds. The third-order valence-electron chi connectivity index (χ3n) is 0.161. The molecule has 0 radical (unpaired) electrons. The topological polar surface area (TPSA) is 58.9 Å². The second-order valence-corrected chi connectivity index (χ2v) is 0.722. The van der Waals surface area contributed by atoms with Crippen LogP contribution < -0.4 is 0 Å². The van der Waals surface area contributed by atoms with Gasteiger partial charge in [0.1, 0.15) is 5.16 Å². The van der Waals surface area contributed by atoms with Gasteiger partial charge >= 0.3 is 6.16 Å². The Labute approximate surface area is 44.4 Å². The molecule has 0 rings (SSSR count). The van der Waals surface area contributed by atoms with Gasteiger partial charge < -0.3 is 5.11 Å². The maximum absolute atomic E-state index is 9.36. The minimum absolute atomic E-state index is 1.49. The summed E-state index contributed by atoms with van der Waals surface area (Å²) >= 11 is 3.97. The third-order valence-corrected chi connectivity index (χ3v) is 0.236. The molecule has 0 atom stereocenters. The molecule has 0 aromatic heterocycles. The summed E-state index contributed by atoms with van der Waals surface area (Å²) in [4.78, 5) is 12.9. The number of carboxylic acid groups (broad SMARTS) is 1. The molecule has 0 aliphatic heterocycles. The Hall–Kier alpha value is -0.930. The van der Waals surface area contributed by atoms with E-state index in [1.54, 1.807) is 5.16 Å². The Balaban J connectivity index is 3.32. The summed E-state index contributed by atoms with van der Waals surface area (Å²) in [5.41, 5.74) is 0. The molecule has 0 aromatic carbocycles. The van der Waals surface area contributed by atoms with Gasteiger partial charge in [0.05, 0.1) is 0 Å². The summed E-state index contributed by atoms with van der Waals surface area (Å²) in [6.45, 7) is 0. The van der Waals surface area contributed by atoms with Crippen LogP contribution in [-0.4, -0.2) is 16.4 Å². The first-order chi connectivity index (χ1) is 3.27. The molecular weight excluding hydrogens is 118 g/mol. The fourth-order valence-electron chi connectivity index (χ4n) is 0.0577. The van der Waals surface area contributed by atoms with Gasteiger partial charge in [-0.2, -0.15) is 0 Å². The Bertz CT molecular complexity index is 116. The average Bonchev–Trinajstić information content (AvgIpc) is 1.61. The molecule has 38 valence electrons. The molecule has 0 aromatic rings. The molecule has 4 nitrogen and oxygen atoms in total. The Kier molecular flexibility index (Phi) is 2.83. The summed E-state index contributed by atoms with van der Waals surface area (Å²) in [7, 11) is 0. The van der Waals surface area contributed by atoms with Crippen molar-refractivity contribution in [3.05, 3.63) is 0 Å². The van der Waals surface area contributed by atoms with E-state index in [2.05, 4.69) is 22.2 Å². The average molecular weight is 119 g/mol. The molecular formula is C2HNO3S. The van der Waals surface area contributed by atoms with Gasteiger partial charge in [-0.1, -0.05) is 0 Å². The van der Waals surface area contributed by atoms with Crippen molar-refractivity contribution in [1.82, 2.24) is 0 Å². The minimum Gasteiger partial charge on any atom is -0.448 e. The van der Waals surface area contributed by atoms with Crippen LogP contribution in [0.4, 0.5) is 4.79 Å². The number of hydrogen-bond acceptors (Lipinski definition) is 4. The lowest BCUT2D eigenvalue weighted by Crippen LogP contribution is -1.90. The molecule has 0 aliphatic carbocycles. The van der Waals surface area contributed by atoms with Gasteiger partial charge in [0.25, 0.3) is 0 Å². The van der Waals surface area contributed by atoms with E-state index in [9.17, 15) is 4.79 Å². The van der Waals surface area contributed by atoms with E-state index in [0.29, 0.717) is 0 Å². The van der Waals surface area contributed by atoms with Crippen molar-refractivity contribution >= 4 is 23.5 Å². The molecule has 5 heteroatoms. The van der Waals surface area contributed by atoms with Crippen LogP contribution >= 0.6 is 12.2 Å². The number of hydrogen-bond donors (Lipinski definition) is 1. The van der Waals surface area contributed by atoms with E-state index < -0.39 is 6.16 Å². The van der Waals surface area contributed by atoms with Crippen LogP contribution in [-0.2, 0) is 4.84 Å². The maximum atomic E-state index is 9.36. The number of isothiocyanates is 1. The Morgan fingerprint density at radius 2 is 2.57 bits per heavy atom. The van der Waals surface area contributed by atoms with Crippen LogP contribution in [0.3, 0.4) is 0 Å². The molecule has 0 spiro atoms. The molecule has 0 bridgehead atoms. The van der Waals surface area contributed by atoms with E-state index >= 15 is 0 Å². The van der Waals surface area contributed by atoms with Crippen LogP contribution in [0, 0.1) is 0 Å². The van der Waals surface area contributed by atoms with Crippen molar-refractivity contribution in [3.8, 4) is 0 Å². The molecule has 0 fully saturated rings. The lowest BCUT2D eigenvalue weighted by Gasteiger charge is -1.77. The molecule has 0 saturated heterocycles. The zero-order chi connectivity index (χ0) is 5.70. The first-order valence-corrected chi connectivity index (χ1v) is 1.65. The first-order valence-electron chi connectivity index (χ1n) is 1.24. The van der Waals surface area contributed by atoms with E-state index in [1.807, 2.05) is 0 Å². The highest BCUT2D eigenvalue weighted by atomic mass is 32.1. The van der Waals surface area contributed by atoms with Crippen LogP contribution in [0.5, 0.6) is 0 Å². The summed E-state index contributed by atoms with van der Waals surface area (Å²) in [5, 5.41) is 12.0.